The maximum Gasteiger partial charge on any atom is 0.327 e. The first-order valence-corrected chi connectivity index (χ1v) is 9.17. The number of benzene rings is 1. The standard InChI is InChI=1S/C12H21NO2.C6H6O.C2H6O.CH2O/c1-11(2,3)15-10(14)12-6-4-8-13(12)9-5-7-12;7-6-4-2-1-3-5-6;1-3-2;1-2/h4-9H2,1-3H3;1-5,7H;1-2H3;1H2. The molecule has 1 N–H and O–H groups in total. The van der Waals surface area contributed by atoms with Gasteiger partial charge >= 0.3 is 5.97 Å². The lowest BCUT2D eigenvalue weighted by molar-refractivity contribution is -0.166. The van der Waals surface area contributed by atoms with Crippen LogP contribution < -0.4 is 0 Å². The molecule has 0 amide bonds. The minimum absolute atomic E-state index is 0.00463. The molecule has 1 aromatic carbocycles. The molecule has 6 nitrogen and oxygen atoms in total. The largest absolute Gasteiger partial charge is 0.508 e. The second-order valence-corrected chi connectivity index (χ2v) is 7.47. The van der Waals surface area contributed by atoms with E-state index in [1.807, 2.05) is 33.6 Å². The molecule has 1 aromatic rings. The first kappa shape index (κ1) is 25.1. The first-order chi connectivity index (χ1) is 12.7. The lowest BCUT2D eigenvalue weighted by Gasteiger charge is -2.32. The summed E-state index contributed by atoms with van der Waals surface area (Å²) in [6, 6.07) is 8.71. The van der Waals surface area contributed by atoms with Crippen LogP contribution in [0.5, 0.6) is 5.75 Å². The van der Waals surface area contributed by atoms with Crippen molar-refractivity contribution in [3.05, 3.63) is 30.3 Å². The van der Waals surface area contributed by atoms with Crippen LogP contribution in [-0.2, 0) is 19.1 Å². The molecule has 0 saturated carbocycles. The van der Waals surface area contributed by atoms with E-state index in [4.69, 9.17) is 14.6 Å². The maximum absolute atomic E-state index is 12.2. The summed E-state index contributed by atoms with van der Waals surface area (Å²) in [5.41, 5.74) is -0.615. The van der Waals surface area contributed by atoms with Crippen LogP contribution in [0.4, 0.5) is 0 Å². The molecule has 0 radical (unpaired) electrons. The Bertz CT molecular complexity index is 517. The lowest BCUT2D eigenvalue weighted by Crippen LogP contribution is -2.48. The van der Waals surface area contributed by atoms with Gasteiger partial charge in [0.15, 0.2) is 0 Å². The van der Waals surface area contributed by atoms with E-state index in [9.17, 15) is 4.79 Å². The molecular formula is C21H35NO5. The van der Waals surface area contributed by atoms with Crippen LogP contribution in [0, 0.1) is 0 Å². The molecule has 6 heteroatoms. The van der Waals surface area contributed by atoms with Crippen LogP contribution in [0.2, 0.25) is 0 Å². The average molecular weight is 382 g/mol. The van der Waals surface area contributed by atoms with Gasteiger partial charge in [0.25, 0.3) is 0 Å². The van der Waals surface area contributed by atoms with Crippen LogP contribution >= 0.6 is 0 Å². The zero-order valence-electron chi connectivity index (χ0n) is 17.4. The minimum Gasteiger partial charge on any atom is -0.508 e. The number of hydrogen-bond donors (Lipinski definition) is 1. The molecule has 3 rings (SSSR count). The molecule has 0 aliphatic carbocycles. The van der Waals surface area contributed by atoms with E-state index in [2.05, 4.69) is 9.64 Å². The highest BCUT2D eigenvalue weighted by Gasteiger charge is 2.51. The maximum atomic E-state index is 12.2. The highest BCUT2D eigenvalue weighted by molar-refractivity contribution is 5.82. The SMILES string of the molecule is C=O.CC(C)(C)OC(=O)C12CCCN1CCC2.COC.Oc1ccccc1. The lowest BCUT2D eigenvalue weighted by atomic mass is 9.94. The van der Waals surface area contributed by atoms with Gasteiger partial charge in [0.2, 0.25) is 0 Å². The predicted molar refractivity (Wildman–Crippen MR) is 107 cm³/mol. The van der Waals surface area contributed by atoms with Crippen LogP contribution in [0.3, 0.4) is 0 Å². The quantitative estimate of drug-likeness (QED) is 0.751. The highest BCUT2D eigenvalue weighted by atomic mass is 16.6. The van der Waals surface area contributed by atoms with Crippen molar-refractivity contribution < 1.29 is 24.2 Å². The normalized spacial score (nSPS) is 17.1. The summed E-state index contributed by atoms with van der Waals surface area (Å²) in [5.74, 6) is 0.326. The number of phenols is 1. The summed E-state index contributed by atoms with van der Waals surface area (Å²) in [5, 5.41) is 8.63. The van der Waals surface area contributed by atoms with Gasteiger partial charge in [0, 0.05) is 14.2 Å². The summed E-state index contributed by atoms with van der Waals surface area (Å²) in [4.78, 5) is 22.5. The van der Waals surface area contributed by atoms with Gasteiger partial charge in [-0.15, -0.1) is 0 Å². The van der Waals surface area contributed by atoms with Gasteiger partial charge in [-0.1, -0.05) is 18.2 Å². The van der Waals surface area contributed by atoms with Crippen molar-refractivity contribution in [3.63, 3.8) is 0 Å². The van der Waals surface area contributed by atoms with Gasteiger partial charge in [0.1, 0.15) is 23.7 Å². The zero-order valence-corrected chi connectivity index (χ0v) is 17.4. The monoisotopic (exact) mass is 381 g/mol. The molecule has 2 aliphatic heterocycles. The second kappa shape index (κ2) is 12.5. The first-order valence-electron chi connectivity index (χ1n) is 9.17. The topological polar surface area (TPSA) is 76.1 Å². The summed E-state index contributed by atoms with van der Waals surface area (Å²) in [7, 11) is 3.25. The number of para-hydroxylation sites is 1. The number of carbonyl (C=O) groups is 2. The Kier molecular flexibility index (Phi) is 11.6. The number of nitrogens with zero attached hydrogens (tertiary/aromatic N) is 1. The Morgan fingerprint density at radius 1 is 1.07 bits per heavy atom. The molecule has 2 saturated heterocycles. The Balaban J connectivity index is 0.000000470. The van der Waals surface area contributed by atoms with Crippen molar-refractivity contribution >= 4 is 12.8 Å². The number of carbonyl (C=O) groups excluding carboxylic acids is 2. The number of phenolic OH excluding ortho intramolecular Hbond substituents is 1. The smallest absolute Gasteiger partial charge is 0.327 e. The third kappa shape index (κ3) is 8.54. The van der Waals surface area contributed by atoms with E-state index in [1.54, 1.807) is 38.5 Å². The van der Waals surface area contributed by atoms with Gasteiger partial charge in [-0.3, -0.25) is 9.69 Å². The van der Waals surface area contributed by atoms with Crippen LogP contribution in [0.25, 0.3) is 0 Å². The third-order valence-electron chi connectivity index (χ3n) is 4.18. The minimum atomic E-state index is -0.358. The molecule has 0 aromatic heterocycles. The van der Waals surface area contributed by atoms with E-state index >= 15 is 0 Å². The van der Waals surface area contributed by atoms with Crippen LogP contribution in [-0.4, -0.2) is 61.2 Å². The van der Waals surface area contributed by atoms with E-state index in [-0.39, 0.29) is 17.1 Å². The molecular weight excluding hydrogens is 346 g/mol. The van der Waals surface area contributed by atoms with Crippen LogP contribution in [0.15, 0.2) is 30.3 Å². The van der Waals surface area contributed by atoms with E-state index < -0.39 is 0 Å². The fourth-order valence-corrected chi connectivity index (χ4v) is 3.24. The molecule has 0 unspecified atom stereocenters. The van der Waals surface area contributed by atoms with Gasteiger partial charge in [-0.05, 0) is 71.7 Å². The predicted octanol–water partition coefficient (Wildman–Crippen LogP) is 3.43. The number of rotatable bonds is 1. The van der Waals surface area contributed by atoms with Gasteiger partial charge < -0.3 is 19.4 Å². The number of esters is 1. The van der Waals surface area contributed by atoms with E-state index in [0.29, 0.717) is 5.75 Å². The molecule has 2 aliphatic rings. The molecule has 2 heterocycles. The number of fused-ring (bicyclic) bond motifs is 1. The fourth-order valence-electron chi connectivity index (χ4n) is 3.24. The van der Waals surface area contributed by atoms with Gasteiger partial charge in [-0.25, -0.2) is 0 Å². The van der Waals surface area contributed by atoms with Crippen molar-refractivity contribution in [2.75, 3.05) is 27.3 Å². The molecule has 0 bridgehead atoms. The zero-order chi connectivity index (χ0) is 20.9. The Labute approximate surface area is 163 Å². The fraction of sp³-hybridized carbons (Fsp3) is 0.619. The van der Waals surface area contributed by atoms with Crippen molar-refractivity contribution in [1.82, 2.24) is 4.90 Å². The van der Waals surface area contributed by atoms with E-state index in [0.717, 1.165) is 38.8 Å². The number of ether oxygens (including phenoxy) is 2. The highest BCUT2D eigenvalue weighted by Crippen LogP contribution is 2.40. The van der Waals surface area contributed by atoms with Crippen molar-refractivity contribution in [2.24, 2.45) is 0 Å². The summed E-state index contributed by atoms with van der Waals surface area (Å²) >= 11 is 0. The Morgan fingerprint density at radius 2 is 1.52 bits per heavy atom. The van der Waals surface area contributed by atoms with Gasteiger partial charge in [0.05, 0.1) is 0 Å². The number of hydrogen-bond acceptors (Lipinski definition) is 6. The number of aromatic hydroxyl groups is 1. The summed E-state index contributed by atoms with van der Waals surface area (Å²) in [6.45, 7) is 9.96. The summed E-state index contributed by atoms with van der Waals surface area (Å²) < 4.78 is 9.80. The molecule has 0 spiro atoms. The molecule has 0 atom stereocenters. The van der Waals surface area contributed by atoms with Crippen LogP contribution in [0.1, 0.15) is 46.5 Å². The van der Waals surface area contributed by atoms with Crippen molar-refractivity contribution in [2.45, 2.75) is 57.6 Å². The van der Waals surface area contributed by atoms with E-state index in [1.165, 1.54) is 0 Å². The number of methoxy groups -OCH3 is 1. The van der Waals surface area contributed by atoms with Crippen molar-refractivity contribution in [1.29, 1.82) is 0 Å². The molecule has 27 heavy (non-hydrogen) atoms. The Hall–Kier alpha value is -1.92. The van der Waals surface area contributed by atoms with Gasteiger partial charge in [-0.2, -0.15) is 0 Å². The average Bonchev–Trinajstić information content (AvgIpc) is 3.18. The molecule has 2 fully saturated rings. The summed E-state index contributed by atoms with van der Waals surface area (Å²) in [6.07, 6.45) is 4.25. The Morgan fingerprint density at radius 3 is 1.85 bits per heavy atom. The van der Waals surface area contributed by atoms with Crippen molar-refractivity contribution in [3.8, 4) is 5.75 Å². The molecule has 154 valence electrons. The third-order valence-corrected chi connectivity index (χ3v) is 4.18. The second-order valence-electron chi connectivity index (χ2n) is 7.47.